The highest BCUT2D eigenvalue weighted by molar-refractivity contribution is 5.97. The highest BCUT2D eigenvalue weighted by Crippen LogP contribution is 2.25. The second kappa shape index (κ2) is 9.14. The number of anilines is 3. The van der Waals surface area contributed by atoms with Gasteiger partial charge in [0.1, 0.15) is 5.82 Å². The number of primary amides is 1. The van der Waals surface area contributed by atoms with E-state index < -0.39 is 5.91 Å². The number of nitrogens with zero attached hydrogens (tertiary/aromatic N) is 3. The Hall–Kier alpha value is -3.45. The van der Waals surface area contributed by atoms with Crippen LogP contribution in [0.5, 0.6) is 0 Å². The summed E-state index contributed by atoms with van der Waals surface area (Å²) in [5, 5.41) is 3.25. The molecule has 0 bridgehead atoms. The molecule has 1 aromatic heterocycles. The minimum atomic E-state index is -0.617. The SMILES string of the molecule is CN1CCN(c2ccc(Nc3cc(Cc4ccccc4F)cnc3C(N)=O)cc2)CC1. The van der Waals surface area contributed by atoms with Crippen molar-refractivity contribution < 1.29 is 9.18 Å². The fourth-order valence-electron chi connectivity index (χ4n) is 3.73. The lowest BCUT2D eigenvalue weighted by Crippen LogP contribution is -2.44. The topological polar surface area (TPSA) is 74.5 Å². The van der Waals surface area contributed by atoms with Gasteiger partial charge in [-0.2, -0.15) is 0 Å². The van der Waals surface area contributed by atoms with E-state index in [0.717, 1.165) is 37.4 Å². The number of amides is 1. The molecule has 160 valence electrons. The van der Waals surface area contributed by atoms with Crippen molar-refractivity contribution in [2.75, 3.05) is 43.4 Å². The van der Waals surface area contributed by atoms with Gasteiger partial charge in [-0.05, 0) is 54.6 Å². The first-order chi connectivity index (χ1) is 15.0. The first-order valence-electron chi connectivity index (χ1n) is 10.3. The van der Waals surface area contributed by atoms with Gasteiger partial charge < -0.3 is 20.9 Å². The van der Waals surface area contributed by atoms with E-state index in [2.05, 4.69) is 39.3 Å². The predicted octanol–water partition coefficient (Wildman–Crippen LogP) is 3.41. The van der Waals surface area contributed by atoms with Crippen LogP contribution in [0, 0.1) is 5.82 Å². The predicted molar refractivity (Wildman–Crippen MR) is 121 cm³/mol. The average molecular weight is 420 g/mol. The third kappa shape index (κ3) is 5.00. The number of hydrogen-bond donors (Lipinski definition) is 2. The maximum atomic E-state index is 14.0. The van der Waals surface area contributed by atoms with Crippen LogP contribution in [-0.2, 0) is 6.42 Å². The second-order valence-electron chi connectivity index (χ2n) is 7.83. The van der Waals surface area contributed by atoms with E-state index in [-0.39, 0.29) is 11.5 Å². The molecule has 7 heteroatoms. The molecule has 6 nitrogen and oxygen atoms in total. The average Bonchev–Trinajstić information content (AvgIpc) is 2.76. The Balaban J connectivity index is 1.53. The van der Waals surface area contributed by atoms with Crippen molar-refractivity contribution in [2.45, 2.75) is 6.42 Å². The molecule has 1 saturated heterocycles. The van der Waals surface area contributed by atoms with Crippen molar-refractivity contribution in [1.29, 1.82) is 0 Å². The molecule has 0 unspecified atom stereocenters. The van der Waals surface area contributed by atoms with Crippen molar-refractivity contribution in [3.8, 4) is 0 Å². The van der Waals surface area contributed by atoms with Crippen molar-refractivity contribution >= 4 is 23.0 Å². The number of rotatable bonds is 6. The largest absolute Gasteiger partial charge is 0.369 e. The number of benzene rings is 2. The Morgan fingerprint density at radius 1 is 1.10 bits per heavy atom. The lowest BCUT2D eigenvalue weighted by molar-refractivity contribution is 0.0996. The number of nitrogens with one attached hydrogen (secondary N) is 1. The molecule has 3 N–H and O–H groups in total. The van der Waals surface area contributed by atoms with Gasteiger partial charge >= 0.3 is 0 Å². The van der Waals surface area contributed by atoms with Crippen LogP contribution in [0.25, 0.3) is 0 Å². The quantitative estimate of drug-likeness (QED) is 0.641. The Morgan fingerprint density at radius 2 is 1.81 bits per heavy atom. The van der Waals surface area contributed by atoms with Gasteiger partial charge in [0, 0.05) is 50.2 Å². The van der Waals surface area contributed by atoms with Crippen LogP contribution < -0.4 is 16.0 Å². The number of pyridine rings is 1. The van der Waals surface area contributed by atoms with Crippen LogP contribution in [0.15, 0.2) is 60.8 Å². The van der Waals surface area contributed by atoms with Crippen molar-refractivity contribution in [1.82, 2.24) is 9.88 Å². The molecular weight excluding hydrogens is 393 g/mol. The van der Waals surface area contributed by atoms with Gasteiger partial charge in [-0.3, -0.25) is 4.79 Å². The molecule has 0 radical (unpaired) electrons. The van der Waals surface area contributed by atoms with Crippen LogP contribution in [-0.4, -0.2) is 49.0 Å². The zero-order chi connectivity index (χ0) is 21.8. The highest BCUT2D eigenvalue weighted by Gasteiger charge is 2.15. The summed E-state index contributed by atoms with van der Waals surface area (Å²) in [5.41, 5.74) is 9.52. The molecule has 4 rings (SSSR count). The number of carbonyl (C=O) groups excluding carboxylic acids is 1. The van der Waals surface area contributed by atoms with Crippen LogP contribution >= 0.6 is 0 Å². The molecule has 0 aliphatic carbocycles. The highest BCUT2D eigenvalue weighted by atomic mass is 19.1. The van der Waals surface area contributed by atoms with Crippen molar-refractivity contribution in [2.24, 2.45) is 5.73 Å². The Morgan fingerprint density at radius 3 is 2.48 bits per heavy atom. The molecule has 31 heavy (non-hydrogen) atoms. The first-order valence-corrected chi connectivity index (χ1v) is 10.3. The maximum absolute atomic E-state index is 14.0. The molecule has 1 fully saturated rings. The van der Waals surface area contributed by atoms with E-state index in [1.807, 2.05) is 12.1 Å². The second-order valence-corrected chi connectivity index (χ2v) is 7.83. The Bertz CT molecular complexity index is 1060. The van der Waals surface area contributed by atoms with Crippen molar-refractivity contribution in [3.05, 3.63) is 83.4 Å². The smallest absolute Gasteiger partial charge is 0.269 e. The number of halogens is 1. The summed E-state index contributed by atoms with van der Waals surface area (Å²) >= 11 is 0. The van der Waals surface area contributed by atoms with Gasteiger partial charge in [-0.15, -0.1) is 0 Å². The molecule has 0 atom stereocenters. The molecular formula is C24H26FN5O. The van der Waals surface area contributed by atoms with E-state index >= 15 is 0 Å². The molecule has 1 aliphatic rings. The number of likely N-dealkylation sites (N-methyl/N-ethyl adjacent to an activating group) is 1. The number of aromatic nitrogens is 1. The molecule has 1 aliphatic heterocycles. The van der Waals surface area contributed by atoms with Crippen LogP contribution in [0.3, 0.4) is 0 Å². The fourth-order valence-corrected chi connectivity index (χ4v) is 3.73. The zero-order valence-electron chi connectivity index (χ0n) is 17.5. The van der Waals surface area contributed by atoms with Gasteiger partial charge in [0.25, 0.3) is 5.91 Å². The first kappa shape index (κ1) is 20.8. The van der Waals surface area contributed by atoms with Gasteiger partial charge in [-0.1, -0.05) is 18.2 Å². The van der Waals surface area contributed by atoms with Crippen LogP contribution in [0.4, 0.5) is 21.5 Å². The van der Waals surface area contributed by atoms with Crippen LogP contribution in [0.1, 0.15) is 21.6 Å². The summed E-state index contributed by atoms with van der Waals surface area (Å²) in [6.07, 6.45) is 1.93. The van der Waals surface area contributed by atoms with Gasteiger partial charge in [0.2, 0.25) is 0 Å². The minimum Gasteiger partial charge on any atom is -0.369 e. The number of carbonyl (C=O) groups is 1. The van der Waals surface area contributed by atoms with Gasteiger partial charge in [0.15, 0.2) is 5.69 Å². The summed E-state index contributed by atoms with van der Waals surface area (Å²) < 4.78 is 14.0. The van der Waals surface area contributed by atoms with Crippen LogP contribution in [0.2, 0.25) is 0 Å². The summed E-state index contributed by atoms with van der Waals surface area (Å²) in [6.45, 7) is 4.08. The fraction of sp³-hybridized carbons (Fsp3) is 0.250. The molecule has 1 amide bonds. The van der Waals surface area contributed by atoms with Gasteiger partial charge in [0.05, 0.1) is 5.69 Å². The standard InChI is InChI=1S/C24H26FN5O/c1-29-10-12-30(13-11-29)20-8-6-19(7-9-20)28-22-15-17(16-27-23(22)24(26)31)14-18-4-2-3-5-21(18)25/h2-9,15-16,28H,10-14H2,1H3,(H2,26,31). The third-order valence-electron chi connectivity index (χ3n) is 5.54. The third-order valence-corrected chi connectivity index (χ3v) is 5.54. The molecule has 3 aromatic rings. The number of hydrogen-bond acceptors (Lipinski definition) is 5. The number of nitrogens with two attached hydrogens (primary N) is 1. The number of piperazine rings is 1. The summed E-state index contributed by atoms with van der Waals surface area (Å²) in [7, 11) is 2.13. The van der Waals surface area contributed by atoms with Crippen molar-refractivity contribution in [3.63, 3.8) is 0 Å². The molecule has 2 aromatic carbocycles. The molecule has 0 saturated carbocycles. The summed E-state index contributed by atoms with van der Waals surface area (Å²) in [4.78, 5) is 20.8. The maximum Gasteiger partial charge on any atom is 0.269 e. The van der Waals surface area contributed by atoms with E-state index in [1.54, 1.807) is 30.5 Å². The zero-order valence-corrected chi connectivity index (χ0v) is 17.5. The van der Waals surface area contributed by atoms with Gasteiger partial charge in [-0.25, -0.2) is 9.37 Å². The lowest BCUT2D eigenvalue weighted by Gasteiger charge is -2.34. The lowest BCUT2D eigenvalue weighted by atomic mass is 10.0. The Kier molecular flexibility index (Phi) is 6.13. The van der Waals surface area contributed by atoms with E-state index in [9.17, 15) is 9.18 Å². The Labute approximate surface area is 181 Å². The summed E-state index contributed by atoms with van der Waals surface area (Å²) in [6, 6.07) is 16.5. The summed E-state index contributed by atoms with van der Waals surface area (Å²) in [5.74, 6) is -0.885. The van der Waals surface area contributed by atoms with E-state index in [1.165, 1.54) is 11.8 Å². The monoisotopic (exact) mass is 419 g/mol. The molecule has 2 heterocycles. The molecule has 0 spiro atoms. The van der Waals surface area contributed by atoms with E-state index in [0.29, 0.717) is 17.7 Å². The normalized spacial score (nSPS) is 14.5. The minimum absolute atomic E-state index is 0.153. The van der Waals surface area contributed by atoms with E-state index in [4.69, 9.17) is 5.73 Å².